The van der Waals surface area contributed by atoms with Gasteiger partial charge >= 0.3 is 0 Å². The van der Waals surface area contributed by atoms with Gasteiger partial charge in [0.05, 0.1) is 5.69 Å². The third-order valence-corrected chi connectivity index (χ3v) is 5.82. The molecular weight excluding hydrogens is 350 g/mol. The van der Waals surface area contributed by atoms with E-state index in [-0.39, 0.29) is 5.91 Å². The van der Waals surface area contributed by atoms with E-state index in [2.05, 4.69) is 46.7 Å². The molecule has 1 saturated heterocycles. The van der Waals surface area contributed by atoms with Crippen LogP contribution in [-0.4, -0.2) is 59.9 Å². The van der Waals surface area contributed by atoms with Gasteiger partial charge in [0.2, 0.25) is 0 Å². The second kappa shape index (κ2) is 8.88. The number of nitrogens with zero attached hydrogens (tertiary/aromatic N) is 3. The van der Waals surface area contributed by atoms with Gasteiger partial charge in [-0.15, -0.1) is 0 Å². The van der Waals surface area contributed by atoms with Gasteiger partial charge in [-0.1, -0.05) is 17.7 Å². The van der Waals surface area contributed by atoms with Crippen LogP contribution in [0.1, 0.15) is 46.6 Å². The molecule has 0 atom stereocenters. The number of aryl methyl sites for hydroxylation is 1. The van der Waals surface area contributed by atoms with Crippen LogP contribution >= 0.6 is 0 Å². The minimum Gasteiger partial charge on any atom is -0.351 e. The van der Waals surface area contributed by atoms with Crippen LogP contribution in [0.25, 0.3) is 5.69 Å². The topological polar surface area (TPSA) is 62.2 Å². The maximum Gasteiger partial charge on any atom is 0.272 e. The van der Waals surface area contributed by atoms with Crippen molar-refractivity contribution in [3.05, 3.63) is 46.8 Å². The molecule has 1 aromatic carbocycles. The molecule has 6 nitrogen and oxygen atoms in total. The summed E-state index contributed by atoms with van der Waals surface area (Å²) >= 11 is 0. The van der Waals surface area contributed by atoms with Crippen LogP contribution in [0.2, 0.25) is 0 Å². The summed E-state index contributed by atoms with van der Waals surface area (Å²) in [7, 11) is 0. The summed E-state index contributed by atoms with van der Waals surface area (Å²) < 4.78 is 1.99. The smallest absolute Gasteiger partial charge is 0.272 e. The summed E-state index contributed by atoms with van der Waals surface area (Å²) in [5.74, 6) is -0.0238. The van der Waals surface area contributed by atoms with Crippen LogP contribution in [0.5, 0.6) is 0 Å². The summed E-state index contributed by atoms with van der Waals surface area (Å²) in [6, 6.07) is 8.38. The van der Waals surface area contributed by atoms with Gasteiger partial charge in [0.1, 0.15) is 0 Å². The molecule has 1 aliphatic carbocycles. The number of benzene rings is 1. The highest BCUT2D eigenvalue weighted by molar-refractivity contribution is 5.94. The lowest BCUT2D eigenvalue weighted by Gasteiger charge is -2.27. The van der Waals surface area contributed by atoms with Gasteiger partial charge in [-0.2, -0.15) is 5.10 Å². The van der Waals surface area contributed by atoms with Crippen LogP contribution in [0.3, 0.4) is 0 Å². The van der Waals surface area contributed by atoms with Gasteiger partial charge in [-0.05, 0) is 57.7 Å². The van der Waals surface area contributed by atoms with E-state index in [1.807, 2.05) is 4.68 Å². The van der Waals surface area contributed by atoms with Crippen molar-refractivity contribution in [2.45, 2.75) is 39.0 Å². The Morgan fingerprint density at radius 1 is 1.14 bits per heavy atom. The molecule has 0 spiro atoms. The third-order valence-electron chi connectivity index (χ3n) is 5.82. The van der Waals surface area contributed by atoms with Crippen molar-refractivity contribution in [1.29, 1.82) is 0 Å². The van der Waals surface area contributed by atoms with Gasteiger partial charge in [-0.3, -0.25) is 4.79 Å². The van der Waals surface area contributed by atoms with Gasteiger partial charge in [0.25, 0.3) is 5.91 Å². The van der Waals surface area contributed by atoms with Crippen molar-refractivity contribution in [2.24, 2.45) is 0 Å². The van der Waals surface area contributed by atoms with E-state index in [4.69, 9.17) is 5.10 Å². The maximum atomic E-state index is 12.9. The van der Waals surface area contributed by atoms with E-state index in [0.717, 1.165) is 76.1 Å². The molecule has 6 heteroatoms. The molecular formula is C22H31N5O. The number of piperazine rings is 1. The van der Waals surface area contributed by atoms with E-state index < -0.39 is 0 Å². The lowest BCUT2D eigenvalue weighted by molar-refractivity contribution is 0.0945. The average molecular weight is 382 g/mol. The van der Waals surface area contributed by atoms with Crippen LogP contribution in [-0.2, 0) is 12.8 Å². The summed E-state index contributed by atoms with van der Waals surface area (Å²) in [4.78, 5) is 15.3. The van der Waals surface area contributed by atoms with E-state index in [9.17, 15) is 4.79 Å². The first-order valence-electron chi connectivity index (χ1n) is 10.6. The highest BCUT2D eigenvalue weighted by Crippen LogP contribution is 2.27. The molecule has 2 aliphatic rings. The number of nitrogens with one attached hydrogen (secondary N) is 2. The first kappa shape index (κ1) is 19.2. The molecule has 0 bridgehead atoms. The van der Waals surface area contributed by atoms with Crippen LogP contribution in [0.15, 0.2) is 24.3 Å². The predicted molar refractivity (Wildman–Crippen MR) is 111 cm³/mol. The number of rotatable bonds is 6. The SMILES string of the molecule is Cc1ccc(-n2nc(C(=O)NCCCN3CCNCC3)c3c2CCCC3)cc1. The molecule has 0 saturated carbocycles. The molecule has 28 heavy (non-hydrogen) atoms. The maximum absolute atomic E-state index is 12.9. The Morgan fingerprint density at radius 3 is 2.68 bits per heavy atom. The van der Waals surface area contributed by atoms with Crippen molar-refractivity contribution < 1.29 is 4.79 Å². The quantitative estimate of drug-likeness (QED) is 0.752. The van der Waals surface area contributed by atoms with E-state index in [0.29, 0.717) is 12.2 Å². The fraction of sp³-hybridized carbons (Fsp3) is 0.545. The number of fused-ring (bicyclic) bond motifs is 1. The molecule has 1 aliphatic heterocycles. The van der Waals surface area contributed by atoms with E-state index in [1.54, 1.807) is 0 Å². The Labute approximate surface area is 167 Å². The minimum atomic E-state index is -0.0238. The summed E-state index contributed by atoms with van der Waals surface area (Å²) in [5.41, 5.74) is 5.25. The minimum absolute atomic E-state index is 0.0238. The first-order valence-corrected chi connectivity index (χ1v) is 10.6. The Hall–Kier alpha value is -2.18. The Morgan fingerprint density at radius 2 is 1.89 bits per heavy atom. The van der Waals surface area contributed by atoms with Crippen molar-refractivity contribution in [2.75, 3.05) is 39.3 Å². The number of carbonyl (C=O) groups excluding carboxylic acids is 1. The van der Waals surface area contributed by atoms with E-state index in [1.165, 1.54) is 11.3 Å². The molecule has 0 radical (unpaired) electrons. The van der Waals surface area contributed by atoms with Crippen molar-refractivity contribution in [3.63, 3.8) is 0 Å². The summed E-state index contributed by atoms with van der Waals surface area (Å²) in [6.45, 7) is 8.16. The van der Waals surface area contributed by atoms with Crippen molar-refractivity contribution in [1.82, 2.24) is 25.3 Å². The Bertz CT molecular complexity index is 805. The second-order valence-electron chi connectivity index (χ2n) is 7.93. The molecule has 2 aromatic rings. The first-order chi connectivity index (χ1) is 13.7. The van der Waals surface area contributed by atoms with Crippen LogP contribution in [0.4, 0.5) is 0 Å². The fourth-order valence-electron chi connectivity index (χ4n) is 4.20. The zero-order chi connectivity index (χ0) is 19.3. The standard InChI is InChI=1S/C22H31N5O/c1-17-7-9-18(10-8-17)27-20-6-3-2-5-19(20)21(25-27)22(28)24-11-4-14-26-15-12-23-13-16-26/h7-10,23H,2-6,11-16H2,1H3,(H,24,28). The average Bonchev–Trinajstić information content (AvgIpc) is 3.12. The molecule has 1 amide bonds. The van der Waals surface area contributed by atoms with Crippen LogP contribution < -0.4 is 10.6 Å². The van der Waals surface area contributed by atoms with Gasteiger partial charge in [0.15, 0.2) is 5.69 Å². The third kappa shape index (κ3) is 4.28. The van der Waals surface area contributed by atoms with E-state index >= 15 is 0 Å². The van der Waals surface area contributed by atoms with Gasteiger partial charge < -0.3 is 15.5 Å². The molecule has 2 heterocycles. The summed E-state index contributed by atoms with van der Waals surface area (Å²) in [5, 5.41) is 11.2. The van der Waals surface area contributed by atoms with Gasteiger partial charge in [-0.25, -0.2) is 4.68 Å². The molecule has 2 N–H and O–H groups in total. The zero-order valence-corrected chi connectivity index (χ0v) is 16.8. The number of hydrogen-bond acceptors (Lipinski definition) is 4. The zero-order valence-electron chi connectivity index (χ0n) is 16.8. The molecule has 150 valence electrons. The van der Waals surface area contributed by atoms with Crippen molar-refractivity contribution in [3.8, 4) is 5.69 Å². The molecule has 4 rings (SSSR count). The highest BCUT2D eigenvalue weighted by atomic mass is 16.1. The molecule has 1 fully saturated rings. The lowest BCUT2D eigenvalue weighted by Crippen LogP contribution is -2.44. The normalized spacial score (nSPS) is 17.3. The second-order valence-corrected chi connectivity index (χ2v) is 7.93. The molecule has 1 aromatic heterocycles. The number of hydrogen-bond donors (Lipinski definition) is 2. The predicted octanol–water partition coefficient (Wildman–Crippen LogP) is 2.08. The fourth-order valence-corrected chi connectivity index (χ4v) is 4.20. The monoisotopic (exact) mass is 381 g/mol. The van der Waals surface area contributed by atoms with Crippen molar-refractivity contribution >= 4 is 5.91 Å². The highest BCUT2D eigenvalue weighted by Gasteiger charge is 2.25. The Kier molecular flexibility index (Phi) is 6.07. The van der Waals surface area contributed by atoms with Gasteiger partial charge in [0, 0.05) is 44.0 Å². The number of amides is 1. The molecule has 0 unspecified atom stereocenters. The Balaban J connectivity index is 1.43. The van der Waals surface area contributed by atoms with Crippen LogP contribution in [0, 0.1) is 6.92 Å². The lowest BCUT2D eigenvalue weighted by atomic mass is 9.95. The number of aromatic nitrogens is 2. The summed E-state index contributed by atoms with van der Waals surface area (Å²) in [6.07, 6.45) is 5.22. The largest absolute Gasteiger partial charge is 0.351 e. The number of carbonyl (C=O) groups is 1.